The molecule has 3 rings (SSSR count). The summed E-state index contributed by atoms with van der Waals surface area (Å²) in [6, 6.07) is -1.00. The third-order valence-electron chi connectivity index (χ3n) is 20.5. The minimum atomic E-state index is -1.98. The molecular weight excluding hydrogens is 1300 g/mol. The summed E-state index contributed by atoms with van der Waals surface area (Å²) >= 11 is 0. The second-order valence-corrected chi connectivity index (χ2v) is 29.6. The van der Waals surface area contributed by atoms with Gasteiger partial charge in [-0.2, -0.15) is 0 Å². The monoisotopic (exact) mass is 1450 g/mol. The summed E-state index contributed by atoms with van der Waals surface area (Å²) in [5.74, 6) is -0.287. The number of aliphatic hydroxyl groups excluding tert-OH is 11. The molecule has 596 valence electrons. The predicted molar refractivity (Wildman–Crippen MR) is 406 cm³/mol. The Morgan fingerprint density at radius 1 is 0.353 bits per heavy atom. The summed E-state index contributed by atoms with van der Waals surface area (Å²) in [5, 5.41) is 121. The van der Waals surface area contributed by atoms with E-state index in [-0.39, 0.29) is 18.9 Å². The van der Waals surface area contributed by atoms with Gasteiger partial charge >= 0.3 is 0 Å². The summed E-state index contributed by atoms with van der Waals surface area (Å²) < 4.78 is 34.4. The van der Waals surface area contributed by atoms with Gasteiger partial charge in [-0.05, 0) is 77.0 Å². The maximum Gasteiger partial charge on any atom is 0.220 e. The SMILES string of the molecule is CCCCCCC/C=C\C/C=C\CCCCCCCCCCCCCCCCCC(=O)NC(COC1OC(CO)C(OC2OC(CO)C(OC3OC(CO)C(O)C(O)C3O)C(O)C2O)C(O)C1O)C(O)/C=C/CC/C=C/CC/C=C/CCCCCCCCCCCCCCCCCCCCCC. The Labute approximate surface area is 617 Å². The van der Waals surface area contributed by atoms with E-state index in [4.69, 9.17) is 28.4 Å². The molecule has 0 bridgehead atoms. The average molecular weight is 1450 g/mol. The van der Waals surface area contributed by atoms with E-state index in [1.54, 1.807) is 6.08 Å². The summed E-state index contributed by atoms with van der Waals surface area (Å²) in [7, 11) is 0. The molecule has 0 saturated carbocycles. The van der Waals surface area contributed by atoms with Crippen molar-refractivity contribution in [2.75, 3.05) is 26.4 Å². The number of unbranched alkanes of at least 4 members (excludes halogenated alkanes) is 42. The van der Waals surface area contributed by atoms with E-state index in [1.807, 2.05) is 6.08 Å². The van der Waals surface area contributed by atoms with Crippen LogP contribution in [0.15, 0.2) is 60.8 Å². The number of carbonyl (C=O) groups is 1. The lowest BCUT2D eigenvalue weighted by Crippen LogP contribution is -2.66. The van der Waals surface area contributed by atoms with Crippen LogP contribution in [0.3, 0.4) is 0 Å². The molecule has 12 N–H and O–H groups in total. The van der Waals surface area contributed by atoms with Crippen LogP contribution in [0.2, 0.25) is 0 Å². The highest BCUT2D eigenvalue weighted by Gasteiger charge is 2.54. The van der Waals surface area contributed by atoms with Crippen molar-refractivity contribution in [2.24, 2.45) is 0 Å². The molecule has 19 heteroatoms. The van der Waals surface area contributed by atoms with Gasteiger partial charge in [0, 0.05) is 6.42 Å². The van der Waals surface area contributed by atoms with Crippen molar-refractivity contribution >= 4 is 5.91 Å². The molecule has 19 nitrogen and oxygen atoms in total. The molecular formula is C83H151NO18. The van der Waals surface area contributed by atoms with Crippen molar-refractivity contribution in [2.45, 2.75) is 433 Å². The minimum absolute atomic E-state index is 0.231. The van der Waals surface area contributed by atoms with Gasteiger partial charge in [-0.1, -0.05) is 306 Å². The Morgan fingerprint density at radius 2 is 0.657 bits per heavy atom. The van der Waals surface area contributed by atoms with Crippen molar-refractivity contribution in [3.05, 3.63) is 60.8 Å². The van der Waals surface area contributed by atoms with Gasteiger partial charge in [0.15, 0.2) is 18.9 Å². The number of hydrogen-bond acceptors (Lipinski definition) is 18. The Balaban J connectivity index is 1.39. The molecule has 17 unspecified atom stereocenters. The molecule has 3 heterocycles. The van der Waals surface area contributed by atoms with Gasteiger partial charge < -0.3 is 89.9 Å². The van der Waals surface area contributed by atoms with Crippen molar-refractivity contribution in [3.8, 4) is 0 Å². The summed E-state index contributed by atoms with van der Waals surface area (Å²) in [6.07, 6.45) is 55.0. The molecule has 3 aliphatic heterocycles. The van der Waals surface area contributed by atoms with E-state index < -0.39 is 124 Å². The first kappa shape index (κ1) is 93.7. The van der Waals surface area contributed by atoms with Gasteiger partial charge in [0.25, 0.3) is 0 Å². The van der Waals surface area contributed by atoms with Gasteiger partial charge in [0.2, 0.25) is 5.91 Å². The van der Waals surface area contributed by atoms with E-state index in [9.17, 15) is 61.0 Å². The van der Waals surface area contributed by atoms with E-state index in [0.29, 0.717) is 12.8 Å². The fourth-order valence-electron chi connectivity index (χ4n) is 13.8. The van der Waals surface area contributed by atoms with Crippen LogP contribution >= 0.6 is 0 Å². The van der Waals surface area contributed by atoms with Crippen LogP contribution in [0.5, 0.6) is 0 Å². The number of aliphatic hydroxyl groups is 11. The van der Waals surface area contributed by atoms with Gasteiger partial charge in [-0.15, -0.1) is 0 Å². The molecule has 3 aliphatic rings. The second-order valence-electron chi connectivity index (χ2n) is 29.6. The van der Waals surface area contributed by atoms with E-state index >= 15 is 0 Å². The van der Waals surface area contributed by atoms with Crippen molar-refractivity contribution in [3.63, 3.8) is 0 Å². The molecule has 3 fully saturated rings. The quantitative estimate of drug-likeness (QED) is 0.0199. The third kappa shape index (κ3) is 42.9. The van der Waals surface area contributed by atoms with Crippen LogP contribution in [0.1, 0.15) is 328 Å². The summed E-state index contributed by atoms with van der Waals surface area (Å²) in [4.78, 5) is 13.5. The normalized spacial score (nSPS) is 26.5. The number of allylic oxidation sites excluding steroid dienone is 9. The molecule has 1 amide bonds. The highest BCUT2D eigenvalue weighted by atomic mass is 16.8. The van der Waals surface area contributed by atoms with Gasteiger partial charge in [-0.3, -0.25) is 4.79 Å². The van der Waals surface area contributed by atoms with Crippen LogP contribution in [-0.2, 0) is 33.2 Å². The van der Waals surface area contributed by atoms with Crippen LogP contribution in [0, 0.1) is 0 Å². The number of amides is 1. The smallest absolute Gasteiger partial charge is 0.220 e. The predicted octanol–water partition coefficient (Wildman–Crippen LogP) is 14.2. The minimum Gasteiger partial charge on any atom is -0.394 e. The standard InChI is InChI=1S/C83H151NO18/c1-3-5-7-9-11-13-15-17-19-21-23-25-27-29-31-32-33-35-36-38-40-42-44-46-48-50-52-54-56-58-60-67(88)66(84-71(89)61-59-57-55-53-51-49-47-45-43-41-39-37-34-30-28-26-24-22-20-18-16-14-12-10-8-6-4-2)65-97-81-77(95)74(92)79(69(63-86)99-81)102-83-78(96)75(93)80(70(64-87)100-83)101-82-76(94)73(91)72(90)68(62-85)98-82/h16,18,22,24,42,44,50,52,58,60,66-70,72-83,85-88,90-96H,3-15,17,19-21,23,25-41,43,45-49,51,53-57,59,61-65H2,1-2H3,(H,84,89)/b18-16-,24-22-,44-42+,52-50+,60-58+. The topological polar surface area (TPSA) is 307 Å². The lowest BCUT2D eigenvalue weighted by Gasteiger charge is -2.48. The molecule has 0 radical (unpaired) electrons. The lowest BCUT2D eigenvalue weighted by molar-refractivity contribution is -0.379. The first-order chi connectivity index (χ1) is 49.8. The van der Waals surface area contributed by atoms with Crippen LogP contribution < -0.4 is 5.32 Å². The highest BCUT2D eigenvalue weighted by molar-refractivity contribution is 5.76. The average Bonchev–Trinajstić information content (AvgIpc) is 0.782. The van der Waals surface area contributed by atoms with Crippen molar-refractivity contribution in [1.29, 1.82) is 0 Å². The Morgan fingerprint density at radius 3 is 1.04 bits per heavy atom. The number of hydrogen-bond donors (Lipinski definition) is 12. The van der Waals surface area contributed by atoms with Crippen LogP contribution in [-0.4, -0.2) is 193 Å². The molecule has 0 aromatic carbocycles. The van der Waals surface area contributed by atoms with Gasteiger partial charge in [0.1, 0.15) is 73.2 Å². The van der Waals surface area contributed by atoms with Gasteiger partial charge in [0.05, 0.1) is 38.6 Å². The number of rotatable bonds is 66. The molecule has 0 spiro atoms. The molecule has 3 saturated heterocycles. The van der Waals surface area contributed by atoms with Crippen molar-refractivity contribution in [1.82, 2.24) is 5.32 Å². The Bertz CT molecular complexity index is 2080. The molecule has 102 heavy (non-hydrogen) atoms. The van der Waals surface area contributed by atoms with Gasteiger partial charge in [-0.25, -0.2) is 0 Å². The number of carbonyl (C=O) groups excluding carboxylic acids is 1. The maximum absolute atomic E-state index is 13.5. The maximum atomic E-state index is 13.5. The lowest BCUT2D eigenvalue weighted by atomic mass is 9.96. The Kier molecular flexibility index (Phi) is 58.3. The zero-order valence-corrected chi connectivity index (χ0v) is 63.8. The third-order valence-corrected chi connectivity index (χ3v) is 20.5. The summed E-state index contributed by atoms with van der Waals surface area (Å²) in [6.45, 7) is 1.74. The zero-order chi connectivity index (χ0) is 73.9. The fourth-order valence-corrected chi connectivity index (χ4v) is 13.8. The Hall–Kier alpha value is -2.51. The van der Waals surface area contributed by atoms with Crippen molar-refractivity contribution < 1.29 is 89.4 Å². The molecule has 0 aromatic heterocycles. The molecule has 17 atom stereocenters. The summed E-state index contributed by atoms with van der Waals surface area (Å²) in [5.41, 5.74) is 0. The van der Waals surface area contributed by atoms with E-state index in [2.05, 4.69) is 67.8 Å². The number of ether oxygens (including phenoxy) is 6. The van der Waals surface area contributed by atoms with E-state index in [0.717, 1.165) is 51.4 Å². The largest absolute Gasteiger partial charge is 0.394 e. The van der Waals surface area contributed by atoms with E-state index in [1.165, 1.54) is 244 Å². The number of nitrogens with one attached hydrogen (secondary N) is 1. The zero-order valence-electron chi connectivity index (χ0n) is 63.8. The van der Waals surface area contributed by atoms with Crippen LogP contribution in [0.25, 0.3) is 0 Å². The first-order valence-corrected chi connectivity index (χ1v) is 41.5. The second kappa shape index (κ2) is 63.4. The fraction of sp³-hybridized carbons (Fsp3) is 0.867. The molecule has 0 aliphatic carbocycles. The van der Waals surface area contributed by atoms with Crippen LogP contribution in [0.4, 0.5) is 0 Å². The first-order valence-electron chi connectivity index (χ1n) is 41.5. The molecule has 0 aromatic rings. The highest BCUT2D eigenvalue weighted by Crippen LogP contribution is 2.33.